The van der Waals surface area contributed by atoms with Gasteiger partial charge in [-0.1, -0.05) is 24.3 Å². The summed E-state index contributed by atoms with van der Waals surface area (Å²) in [5.74, 6) is 0.925. The van der Waals surface area contributed by atoms with Crippen LogP contribution in [0.25, 0.3) is 0 Å². The van der Waals surface area contributed by atoms with Crippen molar-refractivity contribution in [3.05, 3.63) is 62.1 Å². The van der Waals surface area contributed by atoms with Crippen molar-refractivity contribution in [1.82, 2.24) is 0 Å². The Morgan fingerprint density at radius 3 is 2.47 bits per heavy atom. The molecule has 4 heteroatoms. The molecule has 0 radical (unpaired) electrons. The maximum Gasteiger partial charge on any atom is 0.0311 e. The molecule has 0 amide bonds. The average Bonchev–Trinajstić information content (AvgIpc) is 2.40. The largest absolute Gasteiger partial charge is 0.327 e. The number of hydrogen-bond acceptors (Lipinski definition) is 2. The molecule has 1 nitrogen and oxygen atoms in total. The van der Waals surface area contributed by atoms with E-state index in [0.29, 0.717) is 0 Å². The molecular weight excluding hydrogens is 433 g/mol. The lowest BCUT2D eigenvalue weighted by atomic mass is 10.1. The molecule has 1 unspecified atom stereocenters. The van der Waals surface area contributed by atoms with Crippen molar-refractivity contribution in [1.29, 1.82) is 0 Å². The summed E-state index contributed by atoms with van der Waals surface area (Å²) in [6.45, 7) is 0. The molecule has 2 rings (SSSR count). The molecule has 0 heterocycles. The second-order valence-corrected chi connectivity index (χ2v) is 7.49. The summed E-state index contributed by atoms with van der Waals surface area (Å²) in [6.07, 6.45) is 0.925. The van der Waals surface area contributed by atoms with Crippen LogP contribution in [-0.4, -0.2) is 11.8 Å². The lowest BCUT2D eigenvalue weighted by Crippen LogP contribution is -2.25. The first kappa shape index (κ1) is 15.4. The maximum atomic E-state index is 6.20. The quantitative estimate of drug-likeness (QED) is 0.530. The Balaban J connectivity index is 1.86. The molecule has 0 fully saturated rings. The van der Waals surface area contributed by atoms with Gasteiger partial charge in [-0.3, -0.25) is 0 Å². The van der Waals surface area contributed by atoms with Crippen molar-refractivity contribution in [3.8, 4) is 0 Å². The van der Waals surface area contributed by atoms with E-state index in [9.17, 15) is 0 Å². The molecule has 2 N–H and O–H groups in total. The Hall–Kier alpha value is -0.0400. The van der Waals surface area contributed by atoms with Gasteiger partial charge < -0.3 is 5.73 Å². The van der Waals surface area contributed by atoms with Gasteiger partial charge in [0.25, 0.3) is 0 Å². The van der Waals surface area contributed by atoms with Gasteiger partial charge in [-0.05, 0) is 74.8 Å². The summed E-state index contributed by atoms with van der Waals surface area (Å²) < 4.78 is 2.40. The van der Waals surface area contributed by atoms with Crippen LogP contribution in [0.2, 0.25) is 0 Å². The highest BCUT2D eigenvalue weighted by Gasteiger charge is 2.06. The molecule has 0 spiro atoms. The van der Waals surface area contributed by atoms with E-state index in [2.05, 4.69) is 81.0 Å². The molecule has 100 valence electrons. The van der Waals surface area contributed by atoms with Crippen LogP contribution in [0.3, 0.4) is 0 Å². The van der Waals surface area contributed by atoms with Gasteiger partial charge in [0.2, 0.25) is 0 Å². The third kappa shape index (κ3) is 5.10. The van der Waals surface area contributed by atoms with E-state index in [0.717, 1.165) is 16.6 Å². The number of thioether (sulfide) groups is 1. The Morgan fingerprint density at radius 1 is 1.11 bits per heavy atom. The van der Waals surface area contributed by atoms with E-state index in [1.807, 2.05) is 6.07 Å². The molecule has 0 aliphatic rings. The van der Waals surface area contributed by atoms with Gasteiger partial charge >= 0.3 is 0 Å². The molecule has 0 saturated heterocycles. The zero-order chi connectivity index (χ0) is 13.7. The number of benzene rings is 2. The molecule has 0 bridgehead atoms. The highest BCUT2D eigenvalue weighted by atomic mass is 127. The van der Waals surface area contributed by atoms with E-state index in [1.54, 1.807) is 11.8 Å². The monoisotopic (exact) mass is 447 g/mol. The normalized spacial score (nSPS) is 12.4. The minimum absolute atomic E-state index is 0.178. The predicted octanol–water partition coefficient (Wildman–Crippen LogP) is 4.72. The standard InChI is InChI=1S/C15H15BrINS/c16-14-3-1-2-4-15(14)19-10-13(18)9-11-5-7-12(17)8-6-11/h1-8,13H,9-10,18H2. The highest BCUT2D eigenvalue weighted by Crippen LogP contribution is 2.27. The Kier molecular flexibility index (Phi) is 6.19. The van der Waals surface area contributed by atoms with Gasteiger partial charge in [0.15, 0.2) is 0 Å². The highest BCUT2D eigenvalue weighted by molar-refractivity contribution is 14.1. The first-order chi connectivity index (χ1) is 9.15. The van der Waals surface area contributed by atoms with Crippen molar-refractivity contribution in [2.24, 2.45) is 5.73 Å². The summed E-state index contributed by atoms with van der Waals surface area (Å²) in [5.41, 5.74) is 7.51. The van der Waals surface area contributed by atoms with Gasteiger partial charge in [0.1, 0.15) is 0 Å². The predicted molar refractivity (Wildman–Crippen MR) is 95.7 cm³/mol. The van der Waals surface area contributed by atoms with Crippen LogP contribution in [0.1, 0.15) is 5.56 Å². The van der Waals surface area contributed by atoms with E-state index in [-0.39, 0.29) is 6.04 Å². The first-order valence-electron chi connectivity index (χ1n) is 6.02. The lowest BCUT2D eigenvalue weighted by molar-refractivity contribution is 0.748. The van der Waals surface area contributed by atoms with Crippen LogP contribution >= 0.6 is 50.3 Å². The molecular formula is C15H15BrINS. The summed E-state index contributed by atoms with van der Waals surface area (Å²) in [7, 11) is 0. The van der Waals surface area contributed by atoms with Gasteiger partial charge in [-0.25, -0.2) is 0 Å². The van der Waals surface area contributed by atoms with Crippen molar-refractivity contribution in [2.75, 3.05) is 5.75 Å². The molecule has 1 atom stereocenters. The van der Waals surface area contributed by atoms with E-state index < -0.39 is 0 Å². The summed E-state index contributed by atoms with van der Waals surface area (Å²) in [5, 5.41) is 0. The Labute approximate surface area is 140 Å². The molecule has 0 aliphatic carbocycles. The fourth-order valence-corrected chi connectivity index (χ4v) is 3.62. The maximum absolute atomic E-state index is 6.20. The number of rotatable bonds is 5. The van der Waals surface area contributed by atoms with E-state index >= 15 is 0 Å². The van der Waals surface area contributed by atoms with Crippen LogP contribution < -0.4 is 5.73 Å². The molecule has 0 aliphatic heterocycles. The third-order valence-corrected chi connectivity index (χ3v) is 5.64. The average molecular weight is 448 g/mol. The fraction of sp³-hybridized carbons (Fsp3) is 0.200. The zero-order valence-corrected chi connectivity index (χ0v) is 14.9. The minimum atomic E-state index is 0.178. The second-order valence-electron chi connectivity index (χ2n) is 4.33. The van der Waals surface area contributed by atoms with Crippen molar-refractivity contribution < 1.29 is 0 Å². The summed E-state index contributed by atoms with van der Waals surface area (Å²) in [4.78, 5) is 1.25. The number of halogens is 2. The van der Waals surface area contributed by atoms with Gasteiger partial charge in [0.05, 0.1) is 0 Å². The van der Waals surface area contributed by atoms with E-state index in [4.69, 9.17) is 5.73 Å². The topological polar surface area (TPSA) is 26.0 Å². The van der Waals surface area contributed by atoms with Crippen molar-refractivity contribution >= 4 is 50.3 Å². The number of hydrogen-bond donors (Lipinski definition) is 1. The van der Waals surface area contributed by atoms with Gasteiger partial charge in [0, 0.05) is 24.7 Å². The molecule has 0 aromatic heterocycles. The third-order valence-electron chi connectivity index (χ3n) is 2.70. The van der Waals surface area contributed by atoms with Crippen LogP contribution in [-0.2, 0) is 6.42 Å². The first-order valence-corrected chi connectivity index (χ1v) is 8.88. The SMILES string of the molecule is NC(CSc1ccccc1Br)Cc1ccc(I)cc1. The molecule has 19 heavy (non-hydrogen) atoms. The minimum Gasteiger partial charge on any atom is -0.327 e. The lowest BCUT2D eigenvalue weighted by Gasteiger charge is -2.12. The summed E-state index contributed by atoms with van der Waals surface area (Å²) >= 11 is 7.68. The summed E-state index contributed by atoms with van der Waals surface area (Å²) in [6, 6.07) is 17.0. The van der Waals surface area contributed by atoms with E-state index in [1.165, 1.54) is 14.0 Å². The second kappa shape index (κ2) is 7.67. The van der Waals surface area contributed by atoms with Gasteiger partial charge in [-0.2, -0.15) is 0 Å². The smallest absolute Gasteiger partial charge is 0.0311 e. The van der Waals surface area contributed by atoms with Crippen LogP contribution in [0, 0.1) is 3.57 Å². The van der Waals surface area contributed by atoms with Gasteiger partial charge in [-0.15, -0.1) is 11.8 Å². The Bertz CT molecular complexity index is 530. The van der Waals surface area contributed by atoms with Crippen LogP contribution in [0.4, 0.5) is 0 Å². The van der Waals surface area contributed by atoms with Crippen molar-refractivity contribution in [2.45, 2.75) is 17.4 Å². The van der Waals surface area contributed by atoms with Crippen LogP contribution in [0.15, 0.2) is 57.9 Å². The Morgan fingerprint density at radius 2 is 1.79 bits per heavy atom. The number of nitrogens with two attached hydrogens (primary N) is 1. The van der Waals surface area contributed by atoms with Crippen LogP contribution in [0.5, 0.6) is 0 Å². The van der Waals surface area contributed by atoms with Crippen molar-refractivity contribution in [3.63, 3.8) is 0 Å². The zero-order valence-electron chi connectivity index (χ0n) is 10.4. The molecule has 2 aromatic carbocycles. The fourth-order valence-electron chi connectivity index (χ4n) is 1.74. The molecule has 0 saturated carbocycles. The molecule has 2 aromatic rings.